The van der Waals surface area contributed by atoms with Crippen molar-refractivity contribution in [3.63, 3.8) is 0 Å². The summed E-state index contributed by atoms with van der Waals surface area (Å²) in [5.41, 5.74) is 4.38. The molecule has 94 valence electrons. The van der Waals surface area contributed by atoms with Gasteiger partial charge >= 0.3 is 0 Å². The highest BCUT2D eigenvalue weighted by molar-refractivity contribution is 14.1. The number of aromatic nitrogens is 1. The van der Waals surface area contributed by atoms with Crippen molar-refractivity contribution in [1.82, 2.24) is 9.99 Å². The molecular weight excluding hydrogens is 401 g/mol. The van der Waals surface area contributed by atoms with Gasteiger partial charge in [-0.3, -0.25) is 5.43 Å². The molecule has 0 aliphatic carbocycles. The van der Waals surface area contributed by atoms with Gasteiger partial charge in [0.15, 0.2) is 0 Å². The number of nitrogens with zero attached hydrogens (tertiary/aromatic N) is 2. The molecule has 1 N–H and O–H groups in total. The van der Waals surface area contributed by atoms with Crippen molar-refractivity contribution in [2.75, 3.05) is 32.5 Å². The Morgan fingerprint density at radius 2 is 2.41 bits per heavy atom. The summed E-state index contributed by atoms with van der Waals surface area (Å²) >= 11 is 5.78. The molecule has 1 aliphatic heterocycles. The molecule has 0 saturated carbocycles. The van der Waals surface area contributed by atoms with Gasteiger partial charge < -0.3 is 9.47 Å². The molecule has 5 nitrogen and oxygen atoms in total. The van der Waals surface area contributed by atoms with E-state index < -0.39 is 0 Å². The van der Waals surface area contributed by atoms with E-state index in [0.29, 0.717) is 19.9 Å². The van der Waals surface area contributed by atoms with Crippen LogP contribution in [0.5, 0.6) is 0 Å². The summed E-state index contributed by atoms with van der Waals surface area (Å²) in [7, 11) is 1.66. The Hall–Kier alpha value is 0.0400. The summed E-state index contributed by atoms with van der Waals surface area (Å²) in [5, 5.41) is 2.00. The average molecular weight is 414 g/mol. The molecule has 1 aromatic rings. The van der Waals surface area contributed by atoms with Gasteiger partial charge in [-0.1, -0.05) is 22.6 Å². The Morgan fingerprint density at radius 3 is 3.18 bits per heavy atom. The van der Waals surface area contributed by atoms with Gasteiger partial charge in [0.1, 0.15) is 16.6 Å². The molecular formula is C10H13BrIN3O2. The van der Waals surface area contributed by atoms with Crippen LogP contribution in [0.4, 0.5) is 5.82 Å². The molecule has 2 heterocycles. The summed E-state index contributed by atoms with van der Waals surface area (Å²) in [4.78, 5) is 4.32. The number of fused-ring (bicyclic) bond motifs is 1. The van der Waals surface area contributed by atoms with Gasteiger partial charge in [-0.05, 0) is 22.0 Å². The SMILES string of the molecule is COCCOCN1Nc2ncc(Br)cc2C1I. The first-order valence-corrected chi connectivity index (χ1v) is 7.15. The molecule has 1 atom stereocenters. The van der Waals surface area contributed by atoms with Crippen LogP contribution in [-0.4, -0.2) is 37.0 Å². The number of methoxy groups -OCH3 is 1. The highest BCUT2D eigenvalue weighted by Gasteiger charge is 2.28. The summed E-state index contributed by atoms with van der Waals surface area (Å²) in [6.45, 7) is 1.70. The third kappa shape index (κ3) is 3.28. The van der Waals surface area contributed by atoms with Crippen LogP contribution < -0.4 is 5.43 Å². The van der Waals surface area contributed by atoms with Crippen LogP contribution in [0, 0.1) is 0 Å². The van der Waals surface area contributed by atoms with E-state index in [4.69, 9.17) is 9.47 Å². The van der Waals surface area contributed by atoms with Crippen molar-refractivity contribution in [1.29, 1.82) is 0 Å². The maximum absolute atomic E-state index is 5.48. The molecule has 0 aromatic carbocycles. The number of anilines is 1. The number of halogens is 2. The van der Waals surface area contributed by atoms with Crippen LogP contribution >= 0.6 is 38.5 Å². The summed E-state index contributed by atoms with van der Waals surface area (Å²) in [6, 6.07) is 2.07. The Labute approximate surface area is 122 Å². The van der Waals surface area contributed by atoms with E-state index >= 15 is 0 Å². The minimum Gasteiger partial charge on any atom is -0.382 e. The third-order valence-electron chi connectivity index (χ3n) is 2.33. The van der Waals surface area contributed by atoms with Gasteiger partial charge in [0.05, 0.1) is 13.2 Å². The minimum absolute atomic E-state index is 0.218. The van der Waals surface area contributed by atoms with Crippen LogP contribution in [0.25, 0.3) is 0 Å². The number of nitrogens with one attached hydrogen (secondary N) is 1. The lowest BCUT2D eigenvalue weighted by Crippen LogP contribution is -2.28. The molecule has 1 aliphatic rings. The van der Waals surface area contributed by atoms with Crippen molar-refractivity contribution < 1.29 is 9.47 Å². The van der Waals surface area contributed by atoms with Crippen LogP contribution in [0.2, 0.25) is 0 Å². The quantitative estimate of drug-likeness (QED) is 0.348. The van der Waals surface area contributed by atoms with Gasteiger partial charge in [-0.2, -0.15) is 5.01 Å². The van der Waals surface area contributed by atoms with Crippen molar-refractivity contribution in [3.05, 3.63) is 22.3 Å². The number of alkyl halides is 1. The second-order valence-electron chi connectivity index (χ2n) is 3.54. The maximum Gasteiger partial charge on any atom is 0.146 e. The Balaban J connectivity index is 1.92. The monoisotopic (exact) mass is 413 g/mol. The molecule has 2 rings (SSSR count). The number of pyridine rings is 1. The molecule has 0 amide bonds. The molecule has 0 spiro atoms. The van der Waals surface area contributed by atoms with Gasteiger partial charge in [0.2, 0.25) is 0 Å². The number of rotatable bonds is 5. The zero-order chi connectivity index (χ0) is 12.3. The van der Waals surface area contributed by atoms with E-state index in [-0.39, 0.29) is 4.05 Å². The summed E-state index contributed by atoms with van der Waals surface area (Å²) < 4.78 is 11.6. The molecule has 0 radical (unpaired) electrons. The largest absolute Gasteiger partial charge is 0.382 e. The molecule has 0 fully saturated rings. The molecule has 0 saturated heterocycles. The van der Waals surface area contributed by atoms with Crippen molar-refractivity contribution in [3.8, 4) is 0 Å². The van der Waals surface area contributed by atoms with Gasteiger partial charge in [-0.15, -0.1) is 0 Å². The Kier molecular flexibility index (Phi) is 4.97. The summed E-state index contributed by atoms with van der Waals surface area (Å²) in [5.74, 6) is 0.892. The first kappa shape index (κ1) is 13.5. The van der Waals surface area contributed by atoms with Crippen LogP contribution in [0.15, 0.2) is 16.7 Å². The van der Waals surface area contributed by atoms with Crippen molar-refractivity contribution in [2.24, 2.45) is 0 Å². The van der Waals surface area contributed by atoms with Crippen LogP contribution in [0.3, 0.4) is 0 Å². The minimum atomic E-state index is 0.218. The van der Waals surface area contributed by atoms with E-state index in [1.54, 1.807) is 13.3 Å². The second-order valence-corrected chi connectivity index (χ2v) is 5.63. The fourth-order valence-corrected chi connectivity index (χ4v) is 2.62. The fraction of sp³-hybridized carbons (Fsp3) is 0.500. The third-order valence-corrected chi connectivity index (χ3v) is 4.10. The van der Waals surface area contributed by atoms with Crippen molar-refractivity contribution in [2.45, 2.75) is 4.05 Å². The van der Waals surface area contributed by atoms with Gasteiger partial charge in [0.25, 0.3) is 0 Å². The standard InChI is InChI=1S/C10H13BrIN3O2/c1-16-2-3-17-6-15-9(12)8-4-7(11)5-13-10(8)14-15/h4-5,9H,2-3,6H2,1H3,(H,13,14). The molecule has 7 heteroatoms. The molecule has 0 bridgehead atoms. The lowest BCUT2D eigenvalue weighted by atomic mass is 10.3. The molecule has 1 aromatic heterocycles. The van der Waals surface area contributed by atoms with Crippen LogP contribution in [0.1, 0.15) is 9.61 Å². The number of hydrazine groups is 1. The Morgan fingerprint density at radius 1 is 1.59 bits per heavy atom. The van der Waals surface area contributed by atoms with E-state index in [9.17, 15) is 0 Å². The zero-order valence-electron chi connectivity index (χ0n) is 9.32. The van der Waals surface area contributed by atoms with E-state index in [2.05, 4.69) is 55.0 Å². The topological polar surface area (TPSA) is 46.6 Å². The van der Waals surface area contributed by atoms with E-state index in [1.165, 1.54) is 0 Å². The first-order valence-electron chi connectivity index (χ1n) is 5.12. The lowest BCUT2D eigenvalue weighted by Gasteiger charge is -2.19. The second kappa shape index (κ2) is 6.28. The Bertz CT molecular complexity index is 394. The first-order chi connectivity index (χ1) is 8.22. The number of hydrogen-bond donors (Lipinski definition) is 1. The van der Waals surface area contributed by atoms with E-state index in [1.807, 2.05) is 5.01 Å². The van der Waals surface area contributed by atoms with Gasteiger partial charge in [0, 0.05) is 23.3 Å². The van der Waals surface area contributed by atoms with Crippen LogP contribution in [-0.2, 0) is 9.47 Å². The fourth-order valence-electron chi connectivity index (χ4n) is 1.49. The molecule has 1 unspecified atom stereocenters. The predicted octanol–water partition coefficient (Wildman–Crippen LogP) is 2.54. The normalized spacial score (nSPS) is 19.1. The summed E-state index contributed by atoms with van der Waals surface area (Å²) in [6.07, 6.45) is 1.78. The highest BCUT2D eigenvalue weighted by atomic mass is 127. The van der Waals surface area contributed by atoms with E-state index in [0.717, 1.165) is 15.9 Å². The predicted molar refractivity (Wildman–Crippen MR) is 76.9 cm³/mol. The van der Waals surface area contributed by atoms with Gasteiger partial charge in [-0.25, -0.2) is 4.98 Å². The highest BCUT2D eigenvalue weighted by Crippen LogP contribution is 2.39. The lowest BCUT2D eigenvalue weighted by molar-refractivity contribution is 0.0138. The maximum atomic E-state index is 5.48. The zero-order valence-corrected chi connectivity index (χ0v) is 13.1. The number of ether oxygens (including phenoxy) is 2. The van der Waals surface area contributed by atoms with Crippen molar-refractivity contribution >= 4 is 44.3 Å². The molecule has 17 heavy (non-hydrogen) atoms. The average Bonchev–Trinajstić information content (AvgIpc) is 2.62. The smallest absolute Gasteiger partial charge is 0.146 e. The number of hydrogen-bond acceptors (Lipinski definition) is 5.